The third-order valence-corrected chi connectivity index (χ3v) is 2.40. The molecule has 0 heterocycles. The summed E-state index contributed by atoms with van der Waals surface area (Å²) >= 11 is 3.29. The molecule has 1 unspecified atom stereocenters. The molecule has 2 N–H and O–H groups in total. The summed E-state index contributed by atoms with van der Waals surface area (Å²) in [6, 6.07) is 7.30. The zero-order valence-electron chi connectivity index (χ0n) is 6.74. The Bertz CT molecular complexity index is 260. The monoisotopic (exact) mass is 230 g/mol. The topological polar surface area (TPSA) is 40.5 Å². The van der Waals surface area contributed by atoms with Gasteiger partial charge in [0.15, 0.2) is 0 Å². The van der Waals surface area contributed by atoms with E-state index in [1.54, 1.807) is 13.0 Å². The minimum Gasteiger partial charge on any atom is -0.390 e. The third kappa shape index (κ3) is 2.06. The van der Waals surface area contributed by atoms with E-state index in [0.717, 1.165) is 4.47 Å². The SMILES string of the molecule is CC(O)[C@@H](O)c1ccccc1Br. The Hall–Kier alpha value is -0.380. The Balaban J connectivity index is 2.94. The summed E-state index contributed by atoms with van der Waals surface area (Å²) in [5, 5.41) is 18.6. The molecular weight excluding hydrogens is 220 g/mol. The number of halogens is 1. The van der Waals surface area contributed by atoms with Crippen LogP contribution in [0.5, 0.6) is 0 Å². The smallest absolute Gasteiger partial charge is 0.106 e. The first-order chi connectivity index (χ1) is 5.63. The Labute approximate surface area is 80.0 Å². The second-order valence-corrected chi connectivity index (χ2v) is 3.56. The second-order valence-electron chi connectivity index (χ2n) is 2.71. The summed E-state index contributed by atoms with van der Waals surface area (Å²) in [4.78, 5) is 0. The van der Waals surface area contributed by atoms with E-state index in [0.29, 0.717) is 5.56 Å². The van der Waals surface area contributed by atoms with Crippen LogP contribution in [0.4, 0.5) is 0 Å². The molecule has 1 rings (SSSR count). The van der Waals surface area contributed by atoms with Crippen molar-refractivity contribution in [3.63, 3.8) is 0 Å². The van der Waals surface area contributed by atoms with Gasteiger partial charge in [-0.3, -0.25) is 0 Å². The molecule has 0 fully saturated rings. The molecule has 0 amide bonds. The first-order valence-electron chi connectivity index (χ1n) is 3.73. The van der Waals surface area contributed by atoms with Crippen LogP contribution < -0.4 is 0 Å². The van der Waals surface area contributed by atoms with Crippen LogP contribution in [0, 0.1) is 0 Å². The van der Waals surface area contributed by atoms with Gasteiger partial charge in [-0.15, -0.1) is 0 Å². The molecule has 3 heteroatoms. The van der Waals surface area contributed by atoms with E-state index in [-0.39, 0.29) is 0 Å². The van der Waals surface area contributed by atoms with Crippen molar-refractivity contribution in [3.05, 3.63) is 34.3 Å². The fourth-order valence-electron chi connectivity index (χ4n) is 0.975. The lowest BCUT2D eigenvalue weighted by atomic mass is 10.1. The van der Waals surface area contributed by atoms with E-state index < -0.39 is 12.2 Å². The quantitative estimate of drug-likeness (QED) is 0.815. The number of benzene rings is 1. The number of aliphatic hydroxyl groups is 2. The van der Waals surface area contributed by atoms with Gasteiger partial charge in [-0.25, -0.2) is 0 Å². The fourth-order valence-corrected chi connectivity index (χ4v) is 1.49. The maximum absolute atomic E-state index is 9.50. The molecule has 12 heavy (non-hydrogen) atoms. The van der Waals surface area contributed by atoms with Crippen molar-refractivity contribution in [3.8, 4) is 0 Å². The molecule has 66 valence electrons. The van der Waals surface area contributed by atoms with Crippen molar-refractivity contribution < 1.29 is 10.2 Å². The summed E-state index contributed by atoms with van der Waals surface area (Å²) in [6.07, 6.45) is -1.57. The Morgan fingerprint density at radius 3 is 2.33 bits per heavy atom. The lowest BCUT2D eigenvalue weighted by molar-refractivity contribution is 0.0301. The zero-order chi connectivity index (χ0) is 9.14. The van der Waals surface area contributed by atoms with Gasteiger partial charge in [0, 0.05) is 4.47 Å². The van der Waals surface area contributed by atoms with Gasteiger partial charge in [0.2, 0.25) is 0 Å². The van der Waals surface area contributed by atoms with Crippen molar-refractivity contribution >= 4 is 15.9 Å². The predicted molar refractivity (Wildman–Crippen MR) is 50.8 cm³/mol. The van der Waals surface area contributed by atoms with E-state index in [1.165, 1.54) is 0 Å². The van der Waals surface area contributed by atoms with E-state index in [4.69, 9.17) is 5.11 Å². The van der Waals surface area contributed by atoms with Gasteiger partial charge in [0.25, 0.3) is 0 Å². The van der Waals surface area contributed by atoms with Crippen LogP contribution in [-0.4, -0.2) is 16.3 Å². The highest BCUT2D eigenvalue weighted by molar-refractivity contribution is 9.10. The highest BCUT2D eigenvalue weighted by Gasteiger charge is 2.15. The maximum atomic E-state index is 9.50. The molecule has 0 aliphatic carbocycles. The average Bonchev–Trinajstić information content (AvgIpc) is 2.04. The minimum absolute atomic E-state index is 0.715. The summed E-state index contributed by atoms with van der Waals surface area (Å²) in [5.41, 5.74) is 0.715. The Kier molecular flexibility index (Phi) is 3.26. The summed E-state index contributed by atoms with van der Waals surface area (Å²) < 4.78 is 0.818. The van der Waals surface area contributed by atoms with Gasteiger partial charge < -0.3 is 10.2 Å². The molecule has 0 spiro atoms. The van der Waals surface area contributed by atoms with Crippen LogP contribution in [0.2, 0.25) is 0 Å². The largest absolute Gasteiger partial charge is 0.390 e. The number of hydrogen-bond donors (Lipinski definition) is 2. The maximum Gasteiger partial charge on any atom is 0.106 e. The minimum atomic E-state index is -0.819. The van der Waals surface area contributed by atoms with E-state index >= 15 is 0 Å². The second kappa shape index (κ2) is 4.03. The average molecular weight is 231 g/mol. The fraction of sp³-hybridized carbons (Fsp3) is 0.333. The molecule has 1 aromatic carbocycles. The number of rotatable bonds is 2. The lowest BCUT2D eigenvalue weighted by Crippen LogP contribution is -2.14. The molecule has 0 bridgehead atoms. The van der Waals surface area contributed by atoms with Gasteiger partial charge in [0.05, 0.1) is 6.10 Å². The normalized spacial score (nSPS) is 15.7. The summed E-state index contributed by atoms with van der Waals surface area (Å²) in [6.45, 7) is 1.56. The standard InChI is InChI=1S/C9H11BrO2/c1-6(11)9(12)7-4-2-3-5-8(7)10/h2-6,9,11-12H,1H3/t6?,9-/m1/s1. The van der Waals surface area contributed by atoms with Crippen LogP contribution in [-0.2, 0) is 0 Å². The number of hydrogen-bond acceptors (Lipinski definition) is 2. The first-order valence-corrected chi connectivity index (χ1v) is 4.53. The van der Waals surface area contributed by atoms with Crippen molar-refractivity contribution in [2.24, 2.45) is 0 Å². The van der Waals surface area contributed by atoms with Crippen molar-refractivity contribution in [1.29, 1.82) is 0 Å². The molecule has 0 saturated heterocycles. The zero-order valence-corrected chi connectivity index (χ0v) is 8.32. The summed E-state index contributed by atoms with van der Waals surface area (Å²) in [5.74, 6) is 0. The Morgan fingerprint density at radius 1 is 1.25 bits per heavy atom. The molecular formula is C9H11BrO2. The molecule has 0 saturated carbocycles. The molecule has 0 aromatic heterocycles. The van der Waals surface area contributed by atoms with E-state index in [9.17, 15) is 5.11 Å². The van der Waals surface area contributed by atoms with Crippen LogP contribution in [0.15, 0.2) is 28.7 Å². The number of aliphatic hydroxyl groups excluding tert-OH is 2. The van der Waals surface area contributed by atoms with E-state index in [2.05, 4.69) is 15.9 Å². The molecule has 1 aromatic rings. The summed E-state index contributed by atoms with van der Waals surface area (Å²) in [7, 11) is 0. The van der Waals surface area contributed by atoms with Gasteiger partial charge >= 0.3 is 0 Å². The lowest BCUT2D eigenvalue weighted by Gasteiger charge is -2.14. The Morgan fingerprint density at radius 2 is 1.83 bits per heavy atom. The molecule has 2 atom stereocenters. The first kappa shape index (κ1) is 9.71. The molecule has 0 aliphatic heterocycles. The van der Waals surface area contributed by atoms with Gasteiger partial charge in [-0.05, 0) is 18.6 Å². The van der Waals surface area contributed by atoms with Gasteiger partial charge in [-0.1, -0.05) is 34.1 Å². The van der Waals surface area contributed by atoms with Crippen LogP contribution in [0.25, 0.3) is 0 Å². The van der Waals surface area contributed by atoms with Crippen molar-refractivity contribution in [2.45, 2.75) is 19.1 Å². The predicted octanol–water partition coefficient (Wildman–Crippen LogP) is 1.86. The third-order valence-electron chi connectivity index (χ3n) is 1.68. The molecule has 2 nitrogen and oxygen atoms in total. The van der Waals surface area contributed by atoms with Gasteiger partial charge in [-0.2, -0.15) is 0 Å². The molecule has 0 aliphatic rings. The van der Waals surface area contributed by atoms with Gasteiger partial charge in [0.1, 0.15) is 6.10 Å². The van der Waals surface area contributed by atoms with Crippen LogP contribution in [0.3, 0.4) is 0 Å². The van der Waals surface area contributed by atoms with Crippen LogP contribution in [0.1, 0.15) is 18.6 Å². The van der Waals surface area contributed by atoms with Crippen LogP contribution >= 0.6 is 15.9 Å². The highest BCUT2D eigenvalue weighted by Crippen LogP contribution is 2.24. The van der Waals surface area contributed by atoms with Crippen molar-refractivity contribution in [1.82, 2.24) is 0 Å². The highest BCUT2D eigenvalue weighted by atomic mass is 79.9. The van der Waals surface area contributed by atoms with Crippen molar-refractivity contribution in [2.75, 3.05) is 0 Å². The van der Waals surface area contributed by atoms with E-state index in [1.807, 2.05) is 18.2 Å². The molecule has 0 radical (unpaired) electrons.